The number of hydrogen-bond acceptors (Lipinski definition) is 6. The van der Waals surface area contributed by atoms with Crippen LogP contribution in [-0.2, 0) is 17.8 Å². The highest BCUT2D eigenvalue weighted by atomic mass is 32.1. The van der Waals surface area contributed by atoms with Gasteiger partial charge in [0.1, 0.15) is 17.7 Å². The Morgan fingerprint density at radius 2 is 1.97 bits per heavy atom. The number of amides is 1. The summed E-state index contributed by atoms with van der Waals surface area (Å²) in [6, 6.07) is 15.5. The molecule has 6 nitrogen and oxygen atoms in total. The molecule has 0 saturated heterocycles. The number of ether oxygens (including phenoxy) is 2. The summed E-state index contributed by atoms with van der Waals surface area (Å²) >= 11 is 1.52. The molecule has 30 heavy (non-hydrogen) atoms. The SMILES string of the molecule is Cc1ccccc1NC(=O)Cc1nc(CN(C)CC2COc3ccccc3O2)cs1. The molecule has 156 valence electrons. The van der Waals surface area contributed by atoms with Gasteiger partial charge in [-0.25, -0.2) is 4.98 Å². The molecule has 2 heterocycles. The topological polar surface area (TPSA) is 63.7 Å². The zero-order valence-corrected chi connectivity index (χ0v) is 17.9. The van der Waals surface area contributed by atoms with Crippen molar-refractivity contribution in [3.05, 3.63) is 70.2 Å². The standard InChI is InChI=1S/C23H25N3O3S/c1-16-7-3-4-8-19(16)25-22(27)11-23-24-17(15-30-23)12-26(2)13-18-14-28-20-9-5-6-10-21(20)29-18/h3-10,15,18H,11-14H2,1-2H3,(H,25,27). The molecule has 1 aromatic heterocycles. The summed E-state index contributed by atoms with van der Waals surface area (Å²) in [5.74, 6) is 1.53. The number of carbonyl (C=O) groups excluding carboxylic acids is 1. The number of aromatic nitrogens is 1. The van der Waals surface area contributed by atoms with Gasteiger partial charge in [0, 0.05) is 24.2 Å². The molecule has 0 fully saturated rings. The number of thiazole rings is 1. The lowest BCUT2D eigenvalue weighted by Gasteiger charge is -2.29. The van der Waals surface area contributed by atoms with Crippen LogP contribution in [0.3, 0.4) is 0 Å². The highest BCUT2D eigenvalue weighted by Crippen LogP contribution is 2.31. The number of anilines is 1. The van der Waals surface area contributed by atoms with Crippen LogP contribution in [0.1, 0.15) is 16.3 Å². The van der Waals surface area contributed by atoms with Crippen molar-refractivity contribution in [2.24, 2.45) is 0 Å². The Balaban J connectivity index is 1.27. The second-order valence-electron chi connectivity index (χ2n) is 7.47. The number of para-hydroxylation sites is 3. The number of fused-ring (bicyclic) bond motifs is 1. The van der Waals surface area contributed by atoms with Gasteiger partial charge in [-0.1, -0.05) is 30.3 Å². The molecular weight excluding hydrogens is 398 g/mol. The molecule has 0 radical (unpaired) electrons. The molecule has 0 aliphatic carbocycles. The average Bonchev–Trinajstić information content (AvgIpc) is 3.16. The smallest absolute Gasteiger partial charge is 0.231 e. The molecule has 1 atom stereocenters. The number of hydrogen-bond donors (Lipinski definition) is 1. The van der Waals surface area contributed by atoms with Crippen LogP contribution in [0.4, 0.5) is 5.69 Å². The molecule has 1 amide bonds. The van der Waals surface area contributed by atoms with E-state index in [-0.39, 0.29) is 18.4 Å². The van der Waals surface area contributed by atoms with Crippen molar-refractivity contribution in [1.29, 1.82) is 0 Å². The molecule has 3 aromatic rings. The van der Waals surface area contributed by atoms with Gasteiger partial charge in [0.25, 0.3) is 0 Å². The quantitative estimate of drug-likeness (QED) is 0.624. The van der Waals surface area contributed by atoms with Crippen LogP contribution in [0.15, 0.2) is 53.9 Å². The van der Waals surface area contributed by atoms with Crippen LogP contribution in [-0.4, -0.2) is 42.1 Å². The molecule has 0 spiro atoms. The van der Waals surface area contributed by atoms with Crippen molar-refractivity contribution in [3.8, 4) is 11.5 Å². The summed E-state index contributed by atoms with van der Waals surface area (Å²) in [6.45, 7) is 3.93. The Hall–Kier alpha value is -2.90. The maximum absolute atomic E-state index is 12.3. The normalized spacial score (nSPS) is 15.2. The van der Waals surface area contributed by atoms with Crippen molar-refractivity contribution < 1.29 is 14.3 Å². The van der Waals surface area contributed by atoms with Crippen molar-refractivity contribution >= 4 is 22.9 Å². The second kappa shape index (κ2) is 9.28. The summed E-state index contributed by atoms with van der Waals surface area (Å²) in [6.07, 6.45) is 0.252. The third kappa shape index (κ3) is 5.17. The molecular formula is C23H25N3O3S. The summed E-state index contributed by atoms with van der Waals surface area (Å²) in [7, 11) is 2.04. The van der Waals surface area contributed by atoms with E-state index < -0.39 is 0 Å². The molecule has 1 aliphatic heterocycles. The third-order valence-corrected chi connectivity index (χ3v) is 5.74. The van der Waals surface area contributed by atoms with Gasteiger partial charge in [0.05, 0.1) is 12.1 Å². The van der Waals surface area contributed by atoms with E-state index in [2.05, 4.69) is 15.2 Å². The molecule has 1 aliphatic rings. The minimum absolute atomic E-state index is 0.0251. The Morgan fingerprint density at radius 3 is 2.80 bits per heavy atom. The first-order valence-corrected chi connectivity index (χ1v) is 10.8. The number of carbonyl (C=O) groups is 1. The van der Waals surface area contributed by atoms with Gasteiger partial charge in [-0.05, 0) is 37.7 Å². The number of nitrogens with one attached hydrogen (secondary N) is 1. The molecule has 1 N–H and O–H groups in total. The number of rotatable bonds is 7. The van der Waals surface area contributed by atoms with Crippen molar-refractivity contribution in [2.45, 2.75) is 26.0 Å². The Labute approximate surface area is 180 Å². The van der Waals surface area contributed by atoms with Gasteiger partial charge in [-0.2, -0.15) is 0 Å². The van der Waals surface area contributed by atoms with E-state index in [9.17, 15) is 4.79 Å². The predicted molar refractivity (Wildman–Crippen MR) is 118 cm³/mol. The van der Waals surface area contributed by atoms with E-state index in [0.717, 1.165) is 40.0 Å². The fraction of sp³-hybridized carbons (Fsp3) is 0.304. The minimum atomic E-state index is -0.0509. The maximum atomic E-state index is 12.3. The molecule has 0 bridgehead atoms. The van der Waals surface area contributed by atoms with E-state index in [4.69, 9.17) is 9.47 Å². The Morgan fingerprint density at radius 1 is 1.20 bits per heavy atom. The van der Waals surface area contributed by atoms with Gasteiger partial charge >= 0.3 is 0 Å². The average molecular weight is 424 g/mol. The highest BCUT2D eigenvalue weighted by Gasteiger charge is 2.22. The van der Waals surface area contributed by atoms with Crippen LogP contribution in [0.5, 0.6) is 11.5 Å². The largest absolute Gasteiger partial charge is 0.486 e. The zero-order chi connectivity index (χ0) is 20.9. The van der Waals surface area contributed by atoms with E-state index in [1.54, 1.807) is 0 Å². The number of benzene rings is 2. The van der Waals surface area contributed by atoms with Gasteiger partial charge in [0.15, 0.2) is 11.5 Å². The van der Waals surface area contributed by atoms with Gasteiger partial charge < -0.3 is 14.8 Å². The molecule has 0 saturated carbocycles. The van der Waals surface area contributed by atoms with Crippen LogP contribution >= 0.6 is 11.3 Å². The lowest BCUT2D eigenvalue weighted by Crippen LogP contribution is -2.39. The first-order chi connectivity index (χ1) is 14.6. The zero-order valence-electron chi connectivity index (χ0n) is 17.1. The van der Waals surface area contributed by atoms with Gasteiger partial charge in [0.2, 0.25) is 5.91 Å². The fourth-order valence-corrected chi connectivity index (χ4v) is 4.17. The van der Waals surface area contributed by atoms with Crippen LogP contribution in [0.25, 0.3) is 0 Å². The first-order valence-electron chi connectivity index (χ1n) is 9.92. The number of aryl methyl sites for hydroxylation is 1. The fourth-order valence-electron chi connectivity index (χ4n) is 3.39. The minimum Gasteiger partial charge on any atom is -0.486 e. The van der Waals surface area contributed by atoms with Crippen molar-refractivity contribution in [2.75, 3.05) is 25.5 Å². The Kier molecular flexibility index (Phi) is 6.30. The van der Waals surface area contributed by atoms with E-state index in [1.165, 1.54) is 11.3 Å². The summed E-state index contributed by atoms with van der Waals surface area (Å²) < 4.78 is 11.8. The predicted octanol–water partition coefficient (Wildman–Crippen LogP) is 3.90. The van der Waals surface area contributed by atoms with Crippen LogP contribution in [0.2, 0.25) is 0 Å². The summed E-state index contributed by atoms with van der Waals surface area (Å²) in [5, 5.41) is 5.79. The Bertz CT molecular complexity index is 1020. The van der Waals surface area contributed by atoms with E-state index in [1.807, 2.05) is 67.9 Å². The van der Waals surface area contributed by atoms with Crippen LogP contribution < -0.4 is 14.8 Å². The van der Waals surface area contributed by atoms with Gasteiger partial charge in [-0.15, -0.1) is 11.3 Å². The second-order valence-corrected chi connectivity index (χ2v) is 8.41. The first kappa shape index (κ1) is 20.4. The molecule has 7 heteroatoms. The third-order valence-electron chi connectivity index (χ3n) is 4.84. The molecule has 1 unspecified atom stereocenters. The summed E-state index contributed by atoms with van der Waals surface area (Å²) in [5.41, 5.74) is 2.84. The number of nitrogens with zero attached hydrogens (tertiary/aromatic N) is 2. The lowest BCUT2D eigenvalue weighted by atomic mass is 10.2. The molecule has 4 rings (SSSR count). The van der Waals surface area contributed by atoms with E-state index >= 15 is 0 Å². The lowest BCUT2D eigenvalue weighted by molar-refractivity contribution is -0.115. The monoisotopic (exact) mass is 423 g/mol. The maximum Gasteiger partial charge on any atom is 0.231 e. The molecule has 2 aromatic carbocycles. The highest BCUT2D eigenvalue weighted by molar-refractivity contribution is 7.09. The summed E-state index contributed by atoms with van der Waals surface area (Å²) in [4.78, 5) is 19.1. The van der Waals surface area contributed by atoms with Crippen LogP contribution in [0, 0.1) is 6.92 Å². The van der Waals surface area contributed by atoms with Crippen molar-refractivity contribution in [3.63, 3.8) is 0 Å². The van der Waals surface area contributed by atoms with E-state index in [0.29, 0.717) is 13.2 Å². The van der Waals surface area contributed by atoms with Gasteiger partial charge in [-0.3, -0.25) is 9.69 Å². The van der Waals surface area contributed by atoms with Crippen molar-refractivity contribution in [1.82, 2.24) is 9.88 Å². The number of likely N-dealkylation sites (N-methyl/N-ethyl adjacent to an activating group) is 1.